The number of carbonyl (C=O) groups is 2. The third kappa shape index (κ3) is 7.97. The summed E-state index contributed by atoms with van der Waals surface area (Å²) < 4.78 is 10.6. The van der Waals surface area contributed by atoms with Gasteiger partial charge in [0.1, 0.15) is 5.75 Å². The zero-order chi connectivity index (χ0) is 21.2. The normalized spacial score (nSPS) is 24.0. The summed E-state index contributed by atoms with van der Waals surface area (Å²) in [6.45, 7) is 0.126. The van der Waals surface area contributed by atoms with Crippen LogP contribution in [-0.2, 0) is 14.3 Å². The van der Waals surface area contributed by atoms with Crippen molar-refractivity contribution in [3.05, 3.63) is 41.4 Å². The molecular weight excluding hydrogens is 419 g/mol. The number of ether oxygens (including phenoxy) is 2. The summed E-state index contributed by atoms with van der Waals surface area (Å²) in [4.78, 5) is 24.1. The topological polar surface area (TPSA) is 93.1 Å². The van der Waals surface area contributed by atoms with Crippen LogP contribution in [0.4, 0.5) is 0 Å². The van der Waals surface area contributed by atoms with Gasteiger partial charge in [0.2, 0.25) is 0 Å². The van der Waals surface area contributed by atoms with Gasteiger partial charge in [-0.3, -0.25) is 9.59 Å². The third-order valence-corrected chi connectivity index (χ3v) is 5.51. The molecule has 0 amide bonds. The van der Waals surface area contributed by atoms with Gasteiger partial charge in [-0.05, 0) is 49.5 Å². The van der Waals surface area contributed by atoms with E-state index in [0.717, 1.165) is 0 Å². The van der Waals surface area contributed by atoms with Crippen LogP contribution >= 0.6 is 23.2 Å². The van der Waals surface area contributed by atoms with Crippen LogP contribution in [0.3, 0.4) is 0 Å². The summed E-state index contributed by atoms with van der Waals surface area (Å²) in [5, 5.41) is 19.1. The lowest BCUT2D eigenvalue weighted by Gasteiger charge is -2.19. The number of alkyl halides is 1. The van der Waals surface area contributed by atoms with E-state index in [9.17, 15) is 14.7 Å². The second-order valence-corrected chi connectivity index (χ2v) is 7.98. The summed E-state index contributed by atoms with van der Waals surface area (Å²) in [7, 11) is 0. The van der Waals surface area contributed by atoms with Crippen LogP contribution in [0.5, 0.6) is 5.75 Å². The first kappa shape index (κ1) is 23.7. The maximum Gasteiger partial charge on any atom is 0.306 e. The summed E-state index contributed by atoms with van der Waals surface area (Å²) in [6, 6.07) is 6.74. The van der Waals surface area contributed by atoms with Crippen LogP contribution in [0.2, 0.25) is 5.02 Å². The van der Waals surface area contributed by atoms with Gasteiger partial charge in [0.15, 0.2) is 12.4 Å². The predicted octanol–water partition coefficient (Wildman–Crippen LogP) is 3.15. The number of aliphatic hydroxyl groups is 2. The molecule has 1 aromatic rings. The minimum absolute atomic E-state index is 0.0536. The SMILES string of the molecule is O=C(/C=C/C1[C@@H](CC(=O)OCCCCO)C(Cl)C[C@H]1O)COc1cccc(Cl)c1. The van der Waals surface area contributed by atoms with E-state index in [2.05, 4.69) is 0 Å². The summed E-state index contributed by atoms with van der Waals surface area (Å²) in [5.74, 6) is -0.933. The summed E-state index contributed by atoms with van der Waals surface area (Å²) in [5.41, 5.74) is 0. The molecule has 0 radical (unpaired) electrons. The third-order valence-electron chi connectivity index (χ3n) is 4.77. The van der Waals surface area contributed by atoms with Crippen molar-refractivity contribution in [3.8, 4) is 5.75 Å². The molecule has 1 aromatic carbocycles. The lowest BCUT2D eigenvalue weighted by Crippen LogP contribution is -2.23. The van der Waals surface area contributed by atoms with E-state index in [-0.39, 0.29) is 43.3 Å². The molecule has 2 unspecified atom stereocenters. The Balaban J connectivity index is 1.86. The standard InChI is InChI=1S/C21H26Cl2O6/c22-14-4-3-5-16(10-14)29-13-15(25)6-7-17-18(19(23)12-20(17)26)11-21(27)28-9-2-1-8-24/h3-7,10,17-20,24,26H,1-2,8-9,11-13H2/b7-6+/t17?,18-,19?,20-/m1/s1. The fourth-order valence-corrected chi connectivity index (χ4v) is 3.87. The minimum atomic E-state index is -0.734. The number of esters is 1. The Kier molecular flexibility index (Phi) is 9.94. The monoisotopic (exact) mass is 444 g/mol. The Bertz CT molecular complexity index is 708. The molecule has 0 saturated heterocycles. The largest absolute Gasteiger partial charge is 0.485 e. The maximum absolute atomic E-state index is 12.1. The highest BCUT2D eigenvalue weighted by Crippen LogP contribution is 2.39. The van der Waals surface area contributed by atoms with Gasteiger partial charge < -0.3 is 19.7 Å². The molecule has 0 spiro atoms. The molecule has 0 bridgehead atoms. The number of hydrogen-bond donors (Lipinski definition) is 2. The van der Waals surface area contributed by atoms with Gasteiger partial charge in [-0.15, -0.1) is 11.6 Å². The molecule has 1 aliphatic carbocycles. The molecule has 4 atom stereocenters. The number of halogens is 2. The van der Waals surface area contributed by atoms with E-state index in [0.29, 0.717) is 30.0 Å². The second-order valence-electron chi connectivity index (χ2n) is 6.99. The second kappa shape index (κ2) is 12.2. The van der Waals surface area contributed by atoms with Crippen LogP contribution in [0.1, 0.15) is 25.7 Å². The van der Waals surface area contributed by atoms with Crippen LogP contribution in [0, 0.1) is 11.8 Å². The maximum atomic E-state index is 12.1. The molecule has 6 nitrogen and oxygen atoms in total. The number of unbranched alkanes of at least 4 members (excludes halogenated alkanes) is 1. The zero-order valence-electron chi connectivity index (χ0n) is 16.0. The number of aliphatic hydroxyl groups excluding tert-OH is 2. The van der Waals surface area contributed by atoms with Crippen molar-refractivity contribution in [1.82, 2.24) is 0 Å². The Labute approximate surface area is 180 Å². The van der Waals surface area contributed by atoms with E-state index in [4.69, 9.17) is 37.8 Å². The first-order chi connectivity index (χ1) is 13.9. The van der Waals surface area contributed by atoms with Crippen molar-refractivity contribution in [1.29, 1.82) is 0 Å². The first-order valence-corrected chi connectivity index (χ1v) is 10.4. The fraction of sp³-hybridized carbons (Fsp3) is 0.524. The lowest BCUT2D eigenvalue weighted by molar-refractivity contribution is -0.145. The van der Waals surface area contributed by atoms with Crippen molar-refractivity contribution < 1.29 is 29.3 Å². The van der Waals surface area contributed by atoms with E-state index in [1.165, 1.54) is 6.08 Å². The number of benzene rings is 1. The molecule has 160 valence electrons. The Hall–Kier alpha value is -1.60. The van der Waals surface area contributed by atoms with Crippen LogP contribution in [-0.4, -0.2) is 53.3 Å². The van der Waals surface area contributed by atoms with Gasteiger partial charge >= 0.3 is 5.97 Å². The highest BCUT2D eigenvalue weighted by atomic mass is 35.5. The molecule has 1 saturated carbocycles. The smallest absolute Gasteiger partial charge is 0.306 e. The van der Waals surface area contributed by atoms with Crippen LogP contribution < -0.4 is 4.74 Å². The van der Waals surface area contributed by atoms with Crippen LogP contribution in [0.15, 0.2) is 36.4 Å². The fourth-order valence-electron chi connectivity index (χ4n) is 3.25. The number of rotatable bonds is 11. The van der Waals surface area contributed by atoms with Crippen molar-refractivity contribution in [2.24, 2.45) is 11.8 Å². The van der Waals surface area contributed by atoms with Gasteiger partial charge in [0.05, 0.1) is 19.1 Å². The van der Waals surface area contributed by atoms with Gasteiger partial charge in [0.25, 0.3) is 0 Å². The molecule has 0 heterocycles. The van der Waals surface area contributed by atoms with E-state index >= 15 is 0 Å². The van der Waals surface area contributed by atoms with E-state index in [1.54, 1.807) is 30.3 Å². The summed E-state index contributed by atoms with van der Waals surface area (Å²) in [6.07, 6.45) is 3.77. The first-order valence-electron chi connectivity index (χ1n) is 9.58. The zero-order valence-corrected chi connectivity index (χ0v) is 17.5. The molecule has 8 heteroatoms. The van der Waals surface area contributed by atoms with Gasteiger partial charge in [-0.1, -0.05) is 23.7 Å². The molecule has 29 heavy (non-hydrogen) atoms. The molecule has 0 aromatic heterocycles. The highest BCUT2D eigenvalue weighted by molar-refractivity contribution is 6.30. The Morgan fingerprint density at radius 2 is 2.07 bits per heavy atom. The molecule has 2 rings (SSSR count). The quantitative estimate of drug-likeness (QED) is 0.235. The van der Waals surface area contributed by atoms with Crippen molar-refractivity contribution >= 4 is 35.0 Å². The Morgan fingerprint density at radius 1 is 1.28 bits per heavy atom. The number of ketones is 1. The van der Waals surface area contributed by atoms with Crippen molar-refractivity contribution in [3.63, 3.8) is 0 Å². The van der Waals surface area contributed by atoms with Crippen LogP contribution in [0.25, 0.3) is 0 Å². The van der Waals surface area contributed by atoms with Crippen molar-refractivity contribution in [2.75, 3.05) is 19.8 Å². The number of carbonyl (C=O) groups excluding carboxylic acids is 2. The van der Waals surface area contributed by atoms with E-state index in [1.807, 2.05) is 0 Å². The van der Waals surface area contributed by atoms with Crippen molar-refractivity contribution in [2.45, 2.75) is 37.2 Å². The van der Waals surface area contributed by atoms with Gasteiger partial charge in [0, 0.05) is 22.9 Å². The number of hydrogen-bond acceptors (Lipinski definition) is 6. The van der Waals surface area contributed by atoms with E-state index < -0.39 is 18.0 Å². The molecule has 1 aliphatic rings. The molecule has 2 N–H and O–H groups in total. The highest BCUT2D eigenvalue weighted by Gasteiger charge is 2.41. The van der Waals surface area contributed by atoms with Gasteiger partial charge in [-0.2, -0.15) is 0 Å². The molecule has 1 fully saturated rings. The lowest BCUT2D eigenvalue weighted by atomic mass is 9.91. The molecule has 0 aliphatic heterocycles. The predicted molar refractivity (Wildman–Crippen MR) is 110 cm³/mol. The van der Waals surface area contributed by atoms with Gasteiger partial charge in [-0.25, -0.2) is 0 Å². The average Bonchev–Trinajstić information content (AvgIpc) is 2.94. The average molecular weight is 445 g/mol. The summed E-state index contributed by atoms with van der Waals surface area (Å²) >= 11 is 12.2. The Morgan fingerprint density at radius 3 is 2.79 bits per heavy atom. The minimum Gasteiger partial charge on any atom is -0.485 e. The molecular formula is C21H26Cl2O6.